The lowest BCUT2D eigenvalue weighted by Crippen LogP contribution is -1.92. The SMILES string of the molecule is Clc1ccc2nc(C(Cl)c3ccccc3)oc2c1. The van der Waals surface area contributed by atoms with E-state index < -0.39 is 5.38 Å². The molecule has 2 aromatic carbocycles. The Bertz CT molecular complexity index is 679. The average Bonchev–Trinajstić information content (AvgIpc) is 2.81. The molecule has 0 saturated carbocycles. The van der Waals surface area contributed by atoms with E-state index in [1.807, 2.05) is 36.4 Å². The number of nitrogens with zero attached hydrogens (tertiary/aromatic N) is 1. The van der Waals surface area contributed by atoms with Crippen LogP contribution in [0.1, 0.15) is 16.8 Å². The van der Waals surface area contributed by atoms with Gasteiger partial charge < -0.3 is 4.42 Å². The second-order valence-electron chi connectivity index (χ2n) is 3.94. The van der Waals surface area contributed by atoms with Gasteiger partial charge in [-0.25, -0.2) is 4.98 Å². The molecular formula is C14H9Cl2NO. The Morgan fingerprint density at radius 3 is 2.61 bits per heavy atom. The highest BCUT2D eigenvalue weighted by molar-refractivity contribution is 6.31. The van der Waals surface area contributed by atoms with E-state index in [1.165, 1.54) is 0 Å². The molecule has 0 fully saturated rings. The first-order valence-electron chi connectivity index (χ1n) is 5.49. The van der Waals surface area contributed by atoms with Gasteiger partial charge in [0.05, 0.1) is 0 Å². The number of hydrogen-bond acceptors (Lipinski definition) is 2. The maximum absolute atomic E-state index is 6.35. The second-order valence-corrected chi connectivity index (χ2v) is 4.81. The molecule has 0 amide bonds. The fourth-order valence-corrected chi connectivity index (χ4v) is 2.19. The Balaban J connectivity index is 2.04. The van der Waals surface area contributed by atoms with Crippen molar-refractivity contribution in [1.82, 2.24) is 4.98 Å². The van der Waals surface area contributed by atoms with Crippen molar-refractivity contribution in [2.45, 2.75) is 5.38 Å². The first kappa shape index (κ1) is 11.6. The zero-order valence-electron chi connectivity index (χ0n) is 9.31. The third-order valence-electron chi connectivity index (χ3n) is 2.68. The number of halogens is 2. The van der Waals surface area contributed by atoms with Crippen LogP contribution in [0.4, 0.5) is 0 Å². The number of rotatable bonds is 2. The lowest BCUT2D eigenvalue weighted by atomic mass is 10.1. The van der Waals surface area contributed by atoms with Gasteiger partial charge in [0.25, 0.3) is 0 Å². The fourth-order valence-electron chi connectivity index (χ4n) is 1.79. The van der Waals surface area contributed by atoms with Gasteiger partial charge in [0, 0.05) is 11.1 Å². The molecule has 1 aromatic heterocycles. The van der Waals surface area contributed by atoms with Gasteiger partial charge in [-0.1, -0.05) is 41.9 Å². The molecule has 1 heterocycles. The molecule has 0 N–H and O–H groups in total. The highest BCUT2D eigenvalue weighted by Crippen LogP contribution is 2.31. The highest BCUT2D eigenvalue weighted by Gasteiger charge is 2.17. The van der Waals surface area contributed by atoms with Gasteiger partial charge in [-0.05, 0) is 17.7 Å². The van der Waals surface area contributed by atoms with E-state index in [1.54, 1.807) is 12.1 Å². The number of alkyl halides is 1. The molecule has 0 bridgehead atoms. The molecule has 0 spiro atoms. The largest absolute Gasteiger partial charge is 0.439 e. The smallest absolute Gasteiger partial charge is 0.218 e. The Morgan fingerprint density at radius 2 is 1.83 bits per heavy atom. The summed E-state index contributed by atoms with van der Waals surface area (Å²) in [4.78, 5) is 4.37. The van der Waals surface area contributed by atoms with Crippen molar-refractivity contribution in [2.24, 2.45) is 0 Å². The quantitative estimate of drug-likeness (QED) is 0.629. The maximum atomic E-state index is 6.35. The van der Waals surface area contributed by atoms with Crippen molar-refractivity contribution in [3.05, 3.63) is 65.0 Å². The van der Waals surface area contributed by atoms with Gasteiger partial charge in [-0.3, -0.25) is 0 Å². The summed E-state index contributed by atoms with van der Waals surface area (Å²) in [6, 6.07) is 15.0. The van der Waals surface area contributed by atoms with Crippen LogP contribution in [0, 0.1) is 0 Å². The molecule has 90 valence electrons. The molecule has 0 aliphatic carbocycles. The van der Waals surface area contributed by atoms with Crippen molar-refractivity contribution >= 4 is 34.3 Å². The fraction of sp³-hybridized carbons (Fsp3) is 0.0714. The summed E-state index contributed by atoms with van der Waals surface area (Å²) >= 11 is 12.3. The molecule has 3 rings (SSSR count). The van der Waals surface area contributed by atoms with Gasteiger partial charge >= 0.3 is 0 Å². The first-order valence-corrected chi connectivity index (χ1v) is 6.30. The molecule has 0 aliphatic heterocycles. The number of hydrogen-bond donors (Lipinski definition) is 0. The minimum absolute atomic E-state index is 0.391. The van der Waals surface area contributed by atoms with Crippen LogP contribution in [-0.4, -0.2) is 4.98 Å². The molecule has 2 nitrogen and oxygen atoms in total. The van der Waals surface area contributed by atoms with Gasteiger partial charge in [-0.2, -0.15) is 0 Å². The Morgan fingerprint density at radius 1 is 1.06 bits per heavy atom. The van der Waals surface area contributed by atoms with Crippen LogP contribution in [0.25, 0.3) is 11.1 Å². The van der Waals surface area contributed by atoms with E-state index >= 15 is 0 Å². The molecule has 3 aromatic rings. The highest BCUT2D eigenvalue weighted by atomic mass is 35.5. The maximum Gasteiger partial charge on any atom is 0.218 e. The van der Waals surface area contributed by atoms with Crippen molar-refractivity contribution in [2.75, 3.05) is 0 Å². The van der Waals surface area contributed by atoms with Crippen LogP contribution >= 0.6 is 23.2 Å². The molecule has 1 atom stereocenters. The lowest BCUT2D eigenvalue weighted by molar-refractivity contribution is 0.538. The van der Waals surface area contributed by atoms with E-state index in [-0.39, 0.29) is 0 Å². The van der Waals surface area contributed by atoms with Gasteiger partial charge in [-0.15, -0.1) is 11.6 Å². The molecule has 0 saturated heterocycles. The molecule has 1 unspecified atom stereocenters. The third kappa shape index (κ3) is 2.09. The predicted octanol–water partition coefficient (Wildman–Crippen LogP) is 4.81. The van der Waals surface area contributed by atoms with Crippen LogP contribution in [0.2, 0.25) is 5.02 Å². The van der Waals surface area contributed by atoms with Crippen molar-refractivity contribution < 1.29 is 4.42 Å². The van der Waals surface area contributed by atoms with E-state index in [9.17, 15) is 0 Å². The third-order valence-corrected chi connectivity index (χ3v) is 3.35. The summed E-state index contributed by atoms with van der Waals surface area (Å²) in [5, 5.41) is 0.230. The van der Waals surface area contributed by atoms with Gasteiger partial charge in [0.15, 0.2) is 5.58 Å². The Hall–Kier alpha value is -1.51. The zero-order chi connectivity index (χ0) is 12.5. The van der Waals surface area contributed by atoms with E-state index in [0.29, 0.717) is 16.5 Å². The van der Waals surface area contributed by atoms with Crippen molar-refractivity contribution in [1.29, 1.82) is 0 Å². The number of oxazole rings is 1. The van der Waals surface area contributed by atoms with Crippen molar-refractivity contribution in [3.63, 3.8) is 0 Å². The summed E-state index contributed by atoms with van der Waals surface area (Å²) in [7, 11) is 0. The monoisotopic (exact) mass is 277 g/mol. The first-order chi connectivity index (χ1) is 8.74. The minimum Gasteiger partial charge on any atom is -0.439 e. The number of benzene rings is 2. The molecular weight excluding hydrogens is 269 g/mol. The summed E-state index contributed by atoms with van der Waals surface area (Å²) in [5.74, 6) is 0.486. The van der Waals surface area contributed by atoms with Crippen LogP contribution in [-0.2, 0) is 0 Å². The molecule has 4 heteroatoms. The summed E-state index contributed by atoms with van der Waals surface area (Å²) in [6.07, 6.45) is 0. The van der Waals surface area contributed by atoms with Crippen LogP contribution in [0.3, 0.4) is 0 Å². The predicted molar refractivity (Wildman–Crippen MR) is 73.2 cm³/mol. The Labute approximate surface area is 114 Å². The van der Waals surface area contributed by atoms with Crippen LogP contribution in [0.15, 0.2) is 52.9 Å². The lowest BCUT2D eigenvalue weighted by Gasteiger charge is -2.04. The van der Waals surface area contributed by atoms with Gasteiger partial charge in [0.1, 0.15) is 10.9 Å². The average molecular weight is 278 g/mol. The molecule has 18 heavy (non-hydrogen) atoms. The standard InChI is InChI=1S/C14H9Cl2NO/c15-10-6-7-11-12(8-10)18-14(17-11)13(16)9-4-2-1-3-5-9/h1-8,13H. The number of fused-ring (bicyclic) bond motifs is 1. The van der Waals surface area contributed by atoms with E-state index in [2.05, 4.69) is 4.98 Å². The zero-order valence-corrected chi connectivity index (χ0v) is 10.8. The van der Waals surface area contributed by atoms with Crippen LogP contribution in [0.5, 0.6) is 0 Å². The Kier molecular flexibility index (Phi) is 2.98. The normalized spacial score (nSPS) is 12.8. The topological polar surface area (TPSA) is 26.0 Å². The second kappa shape index (κ2) is 4.63. The summed E-state index contributed by atoms with van der Waals surface area (Å²) in [6.45, 7) is 0. The molecule has 0 aliphatic rings. The minimum atomic E-state index is -0.391. The van der Waals surface area contributed by atoms with Crippen molar-refractivity contribution in [3.8, 4) is 0 Å². The van der Waals surface area contributed by atoms with Gasteiger partial charge in [0.2, 0.25) is 5.89 Å². The number of aromatic nitrogens is 1. The summed E-state index contributed by atoms with van der Waals surface area (Å²) < 4.78 is 5.64. The van der Waals surface area contributed by atoms with E-state index in [4.69, 9.17) is 27.6 Å². The summed E-state index contributed by atoms with van der Waals surface area (Å²) in [5.41, 5.74) is 2.37. The molecule has 0 radical (unpaired) electrons. The van der Waals surface area contributed by atoms with E-state index in [0.717, 1.165) is 11.1 Å². The van der Waals surface area contributed by atoms with Crippen LogP contribution < -0.4 is 0 Å².